The predicted octanol–water partition coefficient (Wildman–Crippen LogP) is 1.27. The number of nitrogens with one attached hydrogen (secondary N) is 1. The number of methoxy groups -OCH3 is 1. The van der Waals surface area contributed by atoms with Crippen molar-refractivity contribution >= 4 is 5.97 Å². The van der Waals surface area contributed by atoms with Gasteiger partial charge in [0.2, 0.25) is 0 Å². The number of hydrogen-bond donors (Lipinski definition) is 1. The van der Waals surface area contributed by atoms with Crippen LogP contribution in [0.5, 0.6) is 0 Å². The van der Waals surface area contributed by atoms with Crippen LogP contribution in [-0.2, 0) is 29.5 Å². The lowest BCUT2D eigenvalue weighted by atomic mass is 10.0. The zero-order chi connectivity index (χ0) is 13.7. The lowest BCUT2D eigenvalue weighted by Crippen LogP contribution is -2.41. The van der Waals surface area contributed by atoms with Crippen molar-refractivity contribution in [2.75, 3.05) is 7.11 Å². The first kappa shape index (κ1) is 14.7. The van der Waals surface area contributed by atoms with E-state index >= 15 is 0 Å². The quantitative estimate of drug-likeness (QED) is 0.776. The Morgan fingerprint density at radius 1 is 1.56 bits per heavy atom. The van der Waals surface area contributed by atoms with Crippen molar-refractivity contribution in [2.24, 2.45) is 13.0 Å². The van der Waals surface area contributed by atoms with Crippen LogP contribution in [0.25, 0.3) is 0 Å². The van der Waals surface area contributed by atoms with Crippen molar-refractivity contribution in [1.29, 1.82) is 0 Å². The predicted molar refractivity (Wildman–Crippen MR) is 70.1 cm³/mol. The minimum atomic E-state index is -0.282. The molecular weight excluding hydrogens is 230 g/mol. The molecule has 5 heteroatoms. The number of rotatable bonds is 6. The van der Waals surface area contributed by atoms with Gasteiger partial charge in [-0.1, -0.05) is 20.8 Å². The highest BCUT2D eigenvalue weighted by Crippen LogP contribution is 2.07. The Kier molecular flexibility index (Phi) is 5.34. The van der Waals surface area contributed by atoms with Gasteiger partial charge in [-0.2, -0.15) is 5.10 Å². The Labute approximate surface area is 109 Å². The molecule has 1 N–H and O–H groups in total. The maximum atomic E-state index is 11.6. The minimum Gasteiger partial charge on any atom is -0.468 e. The summed E-state index contributed by atoms with van der Waals surface area (Å²) in [5.41, 5.74) is 2.13. The molecule has 0 radical (unpaired) electrons. The molecule has 5 nitrogen and oxygen atoms in total. The molecule has 102 valence electrons. The molecule has 0 amide bonds. The van der Waals surface area contributed by atoms with E-state index in [2.05, 4.69) is 23.4 Å². The molecule has 1 heterocycles. The molecule has 18 heavy (non-hydrogen) atoms. The molecular formula is C13H23N3O2. The van der Waals surface area contributed by atoms with E-state index in [1.54, 1.807) is 0 Å². The summed E-state index contributed by atoms with van der Waals surface area (Å²) in [5, 5.41) is 7.61. The zero-order valence-corrected chi connectivity index (χ0v) is 11.9. The van der Waals surface area contributed by atoms with Gasteiger partial charge in [-0.05, 0) is 18.4 Å². The highest BCUT2D eigenvalue weighted by molar-refractivity contribution is 5.75. The molecule has 0 aliphatic heterocycles. The highest BCUT2D eigenvalue weighted by atomic mass is 16.5. The normalized spacial score (nSPS) is 12.8. The fourth-order valence-electron chi connectivity index (χ4n) is 1.84. The van der Waals surface area contributed by atoms with E-state index in [0.717, 1.165) is 17.8 Å². The number of aryl methyl sites for hydroxylation is 2. The van der Waals surface area contributed by atoms with Crippen LogP contribution in [-0.4, -0.2) is 28.9 Å². The van der Waals surface area contributed by atoms with Crippen molar-refractivity contribution in [3.8, 4) is 0 Å². The van der Waals surface area contributed by atoms with Gasteiger partial charge in [-0.25, -0.2) is 0 Å². The number of nitrogens with zero attached hydrogens (tertiary/aromatic N) is 2. The first-order valence-electron chi connectivity index (χ1n) is 6.32. The largest absolute Gasteiger partial charge is 0.468 e. The fourth-order valence-corrected chi connectivity index (χ4v) is 1.84. The van der Waals surface area contributed by atoms with Crippen LogP contribution >= 0.6 is 0 Å². The van der Waals surface area contributed by atoms with Crippen molar-refractivity contribution in [2.45, 2.75) is 39.8 Å². The van der Waals surface area contributed by atoms with E-state index in [0.29, 0.717) is 6.54 Å². The SMILES string of the molecule is CCc1cc(CNC(C(=O)OC)C(C)C)n(C)n1. The van der Waals surface area contributed by atoms with Crippen molar-refractivity contribution in [3.63, 3.8) is 0 Å². The van der Waals surface area contributed by atoms with Gasteiger partial charge in [0.1, 0.15) is 6.04 Å². The van der Waals surface area contributed by atoms with Crippen LogP contribution in [0.15, 0.2) is 6.07 Å². The van der Waals surface area contributed by atoms with E-state index in [-0.39, 0.29) is 17.9 Å². The van der Waals surface area contributed by atoms with Gasteiger partial charge in [-0.3, -0.25) is 14.8 Å². The van der Waals surface area contributed by atoms with E-state index in [1.807, 2.05) is 25.6 Å². The summed E-state index contributed by atoms with van der Waals surface area (Å²) in [4.78, 5) is 11.6. The second-order valence-corrected chi connectivity index (χ2v) is 4.73. The fraction of sp³-hybridized carbons (Fsp3) is 0.692. The summed E-state index contributed by atoms with van der Waals surface area (Å²) in [6.07, 6.45) is 0.915. The topological polar surface area (TPSA) is 56.1 Å². The Morgan fingerprint density at radius 2 is 2.22 bits per heavy atom. The minimum absolute atomic E-state index is 0.191. The zero-order valence-electron chi connectivity index (χ0n) is 11.9. The number of hydrogen-bond acceptors (Lipinski definition) is 4. The summed E-state index contributed by atoms with van der Waals surface area (Å²) < 4.78 is 6.64. The van der Waals surface area contributed by atoms with Gasteiger partial charge in [0, 0.05) is 13.6 Å². The molecule has 1 aromatic rings. The number of aromatic nitrogens is 2. The van der Waals surface area contributed by atoms with E-state index < -0.39 is 0 Å². The second kappa shape index (κ2) is 6.54. The first-order valence-corrected chi connectivity index (χ1v) is 6.32. The summed E-state index contributed by atoms with van der Waals surface area (Å²) >= 11 is 0. The molecule has 1 unspecified atom stereocenters. The maximum absolute atomic E-state index is 11.6. The number of carbonyl (C=O) groups is 1. The molecule has 0 spiro atoms. The van der Waals surface area contributed by atoms with Crippen molar-refractivity contribution in [1.82, 2.24) is 15.1 Å². The van der Waals surface area contributed by atoms with Gasteiger partial charge in [0.25, 0.3) is 0 Å². The monoisotopic (exact) mass is 253 g/mol. The van der Waals surface area contributed by atoms with Crippen LogP contribution in [0.1, 0.15) is 32.2 Å². The summed E-state index contributed by atoms with van der Waals surface area (Å²) in [6.45, 7) is 6.68. The van der Waals surface area contributed by atoms with Gasteiger partial charge in [0.05, 0.1) is 18.5 Å². The Balaban J connectivity index is 2.66. The highest BCUT2D eigenvalue weighted by Gasteiger charge is 2.22. The smallest absolute Gasteiger partial charge is 0.323 e. The van der Waals surface area contributed by atoms with Crippen molar-refractivity contribution in [3.05, 3.63) is 17.5 Å². The molecule has 0 saturated carbocycles. The van der Waals surface area contributed by atoms with Crippen LogP contribution in [0, 0.1) is 5.92 Å². The van der Waals surface area contributed by atoms with Crippen LogP contribution in [0.2, 0.25) is 0 Å². The molecule has 0 fully saturated rings. The number of carbonyl (C=O) groups excluding carboxylic acids is 1. The Morgan fingerprint density at radius 3 is 2.67 bits per heavy atom. The standard InChI is InChI=1S/C13H23N3O2/c1-6-10-7-11(16(4)15-10)8-14-12(9(2)3)13(17)18-5/h7,9,12,14H,6,8H2,1-5H3. The Bertz CT molecular complexity index is 399. The third-order valence-electron chi connectivity index (χ3n) is 3.01. The molecule has 0 aliphatic carbocycles. The van der Waals surface area contributed by atoms with Crippen molar-refractivity contribution < 1.29 is 9.53 Å². The van der Waals surface area contributed by atoms with E-state index in [1.165, 1.54) is 7.11 Å². The summed E-state index contributed by atoms with van der Waals surface area (Å²) in [6, 6.07) is 1.77. The molecule has 0 bridgehead atoms. The van der Waals surface area contributed by atoms with Crippen LogP contribution < -0.4 is 5.32 Å². The van der Waals surface area contributed by atoms with Crippen LogP contribution in [0.4, 0.5) is 0 Å². The summed E-state index contributed by atoms with van der Waals surface area (Å²) in [7, 11) is 3.33. The lowest BCUT2D eigenvalue weighted by Gasteiger charge is -2.19. The van der Waals surface area contributed by atoms with Gasteiger partial charge < -0.3 is 4.74 Å². The second-order valence-electron chi connectivity index (χ2n) is 4.73. The molecule has 0 aliphatic rings. The van der Waals surface area contributed by atoms with Gasteiger partial charge in [-0.15, -0.1) is 0 Å². The first-order chi connectivity index (χ1) is 8.49. The summed E-state index contributed by atoms with van der Waals surface area (Å²) in [5.74, 6) is -0.0285. The molecule has 1 aromatic heterocycles. The molecule has 1 atom stereocenters. The lowest BCUT2D eigenvalue weighted by molar-refractivity contribution is -0.144. The number of ether oxygens (including phenoxy) is 1. The average molecular weight is 253 g/mol. The van der Waals surface area contributed by atoms with Crippen LogP contribution in [0.3, 0.4) is 0 Å². The molecule has 0 aromatic carbocycles. The third kappa shape index (κ3) is 3.57. The molecule has 0 saturated heterocycles. The third-order valence-corrected chi connectivity index (χ3v) is 3.01. The Hall–Kier alpha value is -1.36. The average Bonchev–Trinajstić information content (AvgIpc) is 2.69. The number of esters is 1. The van der Waals surface area contributed by atoms with Gasteiger partial charge in [0.15, 0.2) is 0 Å². The van der Waals surface area contributed by atoms with E-state index in [9.17, 15) is 4.79 Å². The maximum Gasteiger partial charge on any atom is 0.323 e. The molecule has 1 rings (SSSR count). The van der Waals surface area contributed by atoms with E-state index in [4.69, 9.17) is 4.74 Å². The van der Waals surface area contributed by atoms with Gasteiger partial charge >= 0.3 is 5.97 Å².